The van der Waals surface area contributed by atoms with Crippen LogP contribution in [0, 0.1) is 0 Å². The SMILES string of the molecule is C=c1cc2c(c3ccccc13)=Cc1c(cc(N)c3ccccc13)O2. The van der Waals surface area contributed by atoms with Gasteiger partial charge >= 0.3 is 0 Å². The topological polar surface area (TPSA) is 35.2 Å². The number of nitrogen functional groups attached to an aromatic ring is 1. The minimum Gasteiger partial charge on any atom is -0.456 e. The van der Waals surface area contributed by atoms with Crippen LogP contribution in [0.25, 0.3) is 34.2 Å². The molecule has 2 nitrogen and oxygen atoms in total. The molecule has 24 heavy (non-hydrogen) atoms. The maximum absolute atomic E-state index is 6.21. The van der Waals surface area contributed by atoms with Crippen LogP contribution in [-0.4, -0.2) is 0 Å². The number of rotatable bonds is 0. The Balaban J connectivity index is 1.98. The highest BCUT2D eigenvalue weighted by atomic mass is 16.5. The molecule has 2 heteroatoms. The van der Waals surface area contributed by atoms with E-state index in [1.54, 1.807) is 0 Å². The Morgan fingerprint density at radius 3 is 2.21 bits per heavy atom. The Morgan fingerprint density at radius 1 is 0.750 bits per heavy atom. The van der Waals surface area contributed by atoms with E-state index in [1.807, 2.05) is 42.5 Å². The van der Waals surface area contributed by atoms with Gasteiger partial charge in [0.2, 0.25) is 0 Å². The zero-order chi connectivity index (χ0) is 16.3. The molecule has 0 fully saturated rings. The van der Waals surface area contributed by atoms with E-state index >= 15 is 0 Å². The Kier molecular flexibility index (Phi) is 2.54. The van der Waals surface area contributed by atoms with Crippen molar-refractivity contribution in [2.45, 2.75) is 0 Å². The number of nitrogens with two attached hydrogens (primary N) is 1. The largest absolute Gasteiger partial charge is 0.456 e. The molecule has 1 aliphatic heterocycles. The van der Waals surface area contributed by atoms with Gasteiger partial charge in [0, 0.05) is 27.9 Å². The third-order valence-electron chi connectivity index (χ3n) is 4.72. The van der Waals surface area contributed by atoms with Gasteiger partial charge in [-0.15, -0.1) is 0 Å². The average molecular weight is 309 g/mol. The van der Waals surface area contributed by atoms with E-state index in [0.29, 0.717) is 0 Å². The Hall–Kier alpha value is -3.26. The van der Waals surface area contributed by atoms with Gasteiger partial charge in [0.1, 0.15) is 11.5 Å². The molecule has 0 aliphatic carbocycles. The van der Waals surface area contributed by atoms with Crippen LogP contribution in [0.2, 0.25) is 0 Å². The number of ether oxygens (including phenoxy) is 1. The van der Waals surface area contributed by atoms with Gasteiger partial charge in [-0.05, 0) is 33.5 Å². The fourth-order valence-electron chi connectivity index (χ4n) is 3.57. The van der Waals surface area contributed by atoms with Crippen LogP contribution in [0.15, 0.2) is 60.7 Å². The van der Waals surface area contributed by atoms with Crippen molar-refractivity contribution in [2.75, 3.05) is 5.73 Å². The third-order valence-corrected chi connectivity index (χ3v) is 4.72. The molecule has 0 saturated carbocycles. The van der Waals surface area contributed by atoms with Crippen molar-refractivity contribution in [3.63, 3.8) is 0 Å². The van der Waals surface area contributed by atoms with Crippen molar-refractivity contribution < 1.29 is 4.74 Å². The molecule has 0 atom stereocenters. The van der Waals surface area contributed by atoms with E-state index in [0.717, 1.165) is 54.7 Å². The second-order valence-electron chi connectivity index (χ2n) is 6.16. The lowest BCUT2D eigenvalue weighted by Gasteiger charge is -2.19. The molecule has 2 N–H and O–H groups in total. The monoisotopic (exact) mass is 309 g/mol. The summed E-state index contributed by atoms with van der Waals surface area (Å²) in [6.45, 7) is 4.16. The molecule has 0 amide bonds. The Labute approximate surface area is 139 Å². The van der Waals surface area contributed by atoms with Crippen LogP contribution in [0.1, 0.15) is 5.56 Å². The first-order valence-corrected chi connectivity index (χ1v) is 7.94. The van der Waals surface area contributed by atoms with E-state index < -0.39 is 0 Å². The van der Waals surface area contributed by atoms with E-state index in [1.165, 1.54) is 0 Å². The molecule has 0 bridgehead atoms. The van der Waals surface area contributed by atoms with Crippen LogP contribution >= 0.6 is 0 Å². The molecule has 114 valence electrons. The number of fused-ring (bicyclic) bond motifs is 6. The summed E-state index contributed by atoms with van der Waals surface area (Å²) in [7, 11) is 0. The van der Waals surface area contributed by atoms with Crippen LogP contribution in [0.5, 0.6) is 11.5 Å². The molecule has 4 aromatic carbocycles. The molecular formula is C22H15NO. The van der Waals surface area contributed by atoms with Gasteiger partial charge in [-0.2, -0.15) is 0 Å². The van der Waals surface area contributed by atoms with Gasteiger partial charge in [0.15, 0.2) is 0 Å². The van der Waals surface area contributed by atoms with Crippen molar-refractivity contribution >= 4 is 39.9 Å². The molecule has 0 radical (unpaired) electrons. The molecule has 0 spiro atoms. The fraction of sp³-hybridized carbons (Fsp3) is 0. The van der Waals surface area contributed by atoms with Crippen LogP contribution < -0.4 is 20.9 Å². The van der Waals surface area contributed by atoms with Gasteiger partial charge < -0.3 is 10.5 Å². The molecule has 0 aromatic heterocycles. The zero-order valence-corrected chi connectivity index (χ0v) is 13.0. The highest BCUT2D eigenvalue weighted by Crippen LogP contribution is 2.37. The first-order chi connectivity index (χ1) is 11.7. The maximum Gasteiger partial charge on any atom is 0.137 e. The van der Waals surface area contributed by atoms with Gasteiger partial charge in [-0.1, -0.05) is 55.1 Å². The Bertz CT molecular complexity index is 1250. The van der Waals surface area contributed by atoms with Gasteiger partial charge in [-0.25, -0.2) is 0 Å². The average Bonchev–Trinajstić information content (AvgIpc) is 2.61. The standard InChI is InChI=1S/C22H15NO/c1-13-10-21-18(15-7-3-2-6-14(13)15)11-19-16-8-4-5-9-17(16)20(23)12-22(19)24-21/h2-12H,1,23H2. The van der Waals surface area contributed by atoms with Gasteiger partial charge in [-0.3, -0.25) is 0 Å². The van der Waals surface area contributed by atoms with E-state index in [4.69, 9.17) is 10.5 Å². The molecule has 4 aromatic rings. The number of benzene rings is 4. The quantitative estimate of drug-likeness (QED) is 0.440. The van der Waals surface area contributed by atoms with Crippen LogP contribution in [-0.2, 0) is 0 Å². The lowest BCUT2D eigenvalue weighted by atomic mass is 9.97. The first-order valence-electron chi connectivity index (χ1n) is 7.94. The van der Waals surface area contributed by atoms with E-state index in [9.17, 15) is 0 Å². The highest BCUT2D eigenvalue weighted by molar-refractivity contribution is 6.02. The van der Waals surface area contributed by atoms with Crippen molar-refractivity contribution in [3.05, 3.63) is 76.7 Å². The first kappa shape index (κ1) is 13.2. The summed E-state index contributed by atoms with van der Waals surface area (Å²) < 4.78 is 6.20. The molecule has 1 aliphatic rings. The third kappa shape index (κ3) is 1.71. The maximum atomic E-state index is 6.21. The molecule has 1 heterocycles. The summed E-state index contributed by atoms with van der Waals surface area (Å²) in [5.41, 5.74) is 8.03. The summed E-state index contributed by atoms with van der Waals surface area (Å²) in [6, 6.07) is 20.4. The zero-order valence-electron chi connectivity index (χ0n) is 13.0. The molecular weight excluding hydrogens is 294 g/mol. The molecule has 0 saturated heterocycles. The summed E-state index contributed by atoms with van der Waals surface area (Å²) in [5, 5.41) is 6.54. The van der Waals surface area contributed by atoms with E-state index in [-0.39, 0.29) is 0 Å². The number of hydrogen-bond acceptors (Lipinski definition) is 2. The number of anilines is 1. The number of hydrogen-bond donors (Lipinski definition) is 1. The minimum atomic E-state index is 0.733. The Morgan fingerprint density at radius 2 is 1.42 bits per heavy atom. The summed E-state index contributed by atoms with van der Waals surface area (Å²) in [6.07, 6.45) is 2.21. The summed E-state index contributed by atoms with van der Waals surface area (Å²) in [4.78, 5) is 0. The summed E-state index contributed by atoms with van der Waals surface area (Å²) in [5.74, 6) is 1.63. The fourth-order valence-corrected chi connectivity index (χ4v) is 3.57. The highest BCUT2D eigenvalue weighted by Gasteiger charge is 2.17. The predicted octanol–water partition coefficient (Wildman–Crippen LogP) is 3.92. The van der Waals surface area contributed by atoms with Gasteiger partial charge in [0.05, 0.1) is 0 Å². The molecule has 5 rings (SSSR count). The van der Waals surface area contributed by atoms with E-state index in [2.05, 4.69) is 30.9 Å². The minimum absolute atomic E-state index is 0.733. The smallest absolute Gasteiger partial charge is 0.137 e. The second-order valence-corrected chi connectivity index (χ2v) is 6.16. The van der Waals surface area contributed by atoms with Crippen molar-refractivity contribution in [3.8, 4) is 11.5 Å². The predicted molar refractivity (Wildman–Crippen MR) is 101 cm³/mol. The lowest BCUT2D eigenvalue weighted by Crippen LogP contribution is -2.17. The van der Waals surface area contributed by atoms with Crippen LogP contribution in [0.4, 0.5) is 5.69 Å². The van der Waals surface area contributed by atoms with Crippen LogP contribution in [0.3, 0.4) is 0 Å². The van der Waals surface area contributed by atoms with Crippen molar-refractivity contribution in [2.24, 2.45) is 0 Å². The molecule has 0 unspecified atom stereocenters. The van der Waals surface area contributed by atoms with Crippen molar-refractivity contribution in [1.29, 1.82) is 0 Å². The second kappa shape index (κ2) is 4.62. The van der Waals surface area contributed by atoms with Crippen molar-refractivity contribution in [1.82, 2.24) is 0 Å². The van der Waals surface area contributed by atoms with Gasteiger partial charge in [0.25, 0.3) is 0 Å². The normalized spacial score (nSPS) is 12.3. The summed E-state index contributed by atoms with van der Waals surface area (Å²) >= 11 is 0. The lowest BCUT2D eigenvalue weighted by molar-refractivity contribution is 0.475.